The lowest BCUT2D eigenvalue weighted by molar-refractivity contribution is -0.244. The topological polar surface area (TPSA) is 55.8 Å². The van der Waals surface area contributed by atoms with E-state index in [4.69, 9.17) is 14.6 Å². The maximum Gasteiger partial charge on any atom is 0.303 e. The van der Waals surface area contributed by atoms with Crippen LogP contribution < -0.4 is 4.74 Å². The van der Waals surface area contributed by atoms with E-state index < -0.39 is 11.8 Å². The molecule has 1 aromatic carbocycles. The number of carbonyl (C=O) groups is 1. The Morgan fingerprint density at radius 1 is 0.875 bits per heavy atom. The van der Waals surface area contributed by atoms with Gasteiger partial charge in [-0.1, -0.05) is 103 Å². The molecule has 0 bridgehead atoms. The van der Waals surface area contributed by atoms with Crippen LogP contribution in [0.25, 0.3) is 0 Å². The van der Waals surface area contributed by atoms with Crippen LogP contribution in [0, 0.1) is 5.41 Å². The van der Waals surface area contributed by atoms with E-state index in [1.54, 1.807) is 7.11 Å². The Kier molecular flexibility index (Phi) is 11.6. The Hall–Kier alpha value is -1.55. The molecule has 0 aromatic heterocycles. The smallest absolute Gasteiger partial charge is 0.303 e. The first-order valence-corrected chi connectivity index (χ1v) is 12.9. The van der Waals surface area contributed by atoms with Gasteiger partial charge in [-0.2, -0.15) is 0 Å². The second-order valence-corrected chi connectivity index (χ2v) is 10.2. The van der Waals surface area contributed by atoms with Crippen LogP contribution in [0.3, 0.4) is 0 Å². The van der Waals surface area contributed by atoms with Gasteiger partial charge in [0.15, 0.2) is 0 Å². The van der Waals surface area contributed by atoms with Crippen molar-refractivity contribution in [2.24, 2.45) is 5.41 Å². The average Bonchev–Trinajstić information content (AvgIpc) is 2.76. The van der Waals surface area contributed by atoms with Crippen molar-refractivity contribution >= 4 is 5.97 Å². The molecule has 32 heavy (non-hydrogen) atoms. The van der Waals surface area contributed by atoms with Crippen molar-refractivity contribution in [3.63, 3.8) is 0 Å². The molecule has 0 spiro atoms. The number of hydrogen-bond donors (Lipinski definition) is 1. The third-order valence-electron chi connectivity index (χ3n) is 7.14. The van der Waals surface area contributed by atoms with Gasteiger partial charge in [-0.3, -0.25) is 4.79 Å². The largest absolute Gasteiger partial charge is 0.481 e. The lowest BCUT2D eigenvalue weighted by atomic mass is 9.73. The monoisotopic (exact) mass is 446 g/mol. The summed E-state index contributed by atoms with van der Waals surface area (Å²) < 4.78 is 12.5. The molecule has 0 aliphatic carbocycles. The minimum Gasteiger partial charge on any atom is -0.481 e. The maximum absolute atomic E-state index is 10.5. The molecule has 2 rings (SSSR count). The molecule has 4 heteroatoms. The van der Waals surface area contributed by atoms with Crippen LogP contribution in [0.2, 0.25) is 0 Å². The van der Waals surface area contributed by atoms with E-state index in [1.165, 1.54) is 69.8 Å². The SMILES string of the molecule is COC1(CCCCCCCCCCCCCCCC(=O)O)Oc2ccccc2CC1(C)C. The van der Waals surface area contributed by atoms with Gasteiger partial charge in [-0.25, -0.2) is 0 Å². The first-order chi connectivity index (χ1) is 15.4. The molecule has 1 aromatic rings. The van der Waals surface area contributed by atoms with Crippen molar-refractivity contribution in [1.29, 1.82) is 0 Å². The van der Waals surface area contributed by atoms with Gasteiger partial charge in [-0.15, -0.1) is 0 Å². The highest BCUT2D eigenvalue weighted by Gasteiger charge is 2.50. The predicted octanol–water partition coefficient (Wildman–Crippen LogP) is 7.93. The minimum atomic E-state index is -0.667. The van der Waals surface area contributed by atoms with Gasteiger partial charge in [0.25, 0.3) is 0 Å². The molecule has 0 fully saturated rings. The second kappa shape index (κ2) is 13.9. The molecule has 0 saturated heterocycles. The molecule has 1 N–H and O–H groups in total. The normalized spacial score (nSPS) is 19.3. The average molecular weight is 447 g/mol. The number of methoxy groups -OCH3 is 1. The zero-order chi connectivity index (χ0) is 23.3. The van der Waals surface area contributed by atoms with E-state index in [0.717, 1.165) is 37.9 Å². The minimum absolute atomic E-state index is 0.0492. The van der Waals surface area contributed by atoms with E-state index in [0.29, 0.717) is 6.42 Å². The molecule has 1 heterocycles. The fraction of sp³-hybridized carbons (Fsp3) is 0.750. The van der Waals surface area contributed by atoms with E-state index in [2.05, 4.69) is 32.0 Å². The predicted molar refractivity (Wildman–Crippen MR) is 131 cm³/mol. The van der Waals surface area contributed by atoms with Crippen LogP contribution in [0.4, 0.5) is 0 Å². The second-order valence-electron chi connectivity index (χ2n) is 10.2. The van der Waals surface area contributed by atoms with Gasteiger partial charge in [0.05, 0.1) is 0 Å². The Labute approximate surface area is 196 Å². The highest BCUT2D eigenvalue weighted by molar-refractivity contribution is 5.66. The van der Waals surface area contributed by atoms with Gasteiger partial charge in [-0.05, 0) is 30.9 Å². The van der Waals surface area contributed by atoms with Crippen LogP contribution >= 0.6 is 0 Å². The van der Waals surface area contributed by atoms with Crippen LogP contribution in [0.1, 0.15) is 116 Å². The van der Waals surface area contributed by atoms with E-state index in [-0.39, 0.29) is 5.41 Å². The molecule has 1 atom stereocenters. The zero-order valence-electron chi connectivity index (χ0n) is 20.8. The van der Waals surface area contributed by atoms with Gasteiger partial charge in [0.1, 0.15) is 5.75 Å². The Morgan fingerprint density at radius 2 is 1.38 bits per heavy atom. The summed E-state index contributed by atoms with van der Waals surface area (Å²) >= 11 is 0. The Bertz CT molecular complexity index is 669. The summed E-state index contributed by atoms with van der Waals surface area (Å²) in [5, 5.41) is 8.63. The fourth-order valence-corrected chi connectivity index (χ4v) is 5.06. The van der Waals surface area contributed by atoms with Crippen molar-refractivity contribution in [2.45, 2.75) is 122 Å². The molecule has 0 radical (unpaired) electrons. The van der Waals surface area contributed by atoms with Crippen LogP contribution in [0.15, 0.2) is 24.3 Å². The first-order valence-electron chi connectivity index (χ1n) is 12.9. The van der Waals surface area contributed by atoms with E-state index >= 15 is 0 Å². The van der Waals surface area contributed by atoms with Crippen molar-refractivity contribution in [1.82, 2.24) is 0 Å². The highest BCUT2D eigenvalue weighted by atomic mass is 16.7. The lowest BCUT2D eigenvalue weighted by Gasteiger charge is -2.49. The number of carboxylic acid groups (broad SMARTS) is 1. The number of hydrogen-bond acceptors (Lipinski definition) is 3. The number of ether oxygens (including phenoxy) is 2. The van der Waals surface area contributed by atoms with Crippen molar-refractivity contribution in [2.75, 3.05) is 7.11 Å². The van der Waals surface area contributed by atoms with Gasteiger partial charge >= 0.3 is 5.97 Å². The molecule has 1 aliphatic heterocycles. The third-order valence-corrected chi connectivity index (χ3v) is 7.14. The van der Waals surface area contributed by atoms with Crippen LogP contribution in [0.5, 0.6) is 5.75 Å². The molecule has 1 unspecified atom stereocenters. The van der Waals surface area contributed by atoms with E-state index in [9.17, 15) is 4.79 Å². The number of benzene rings is 1. The molecule has 0 amide bonds. The summed E-state index contributed by atoms with van der Waals surface area (Å²) in [6.45, 7) is 4.53. The summed E-state index contributed by atoms with van der Waals surface area (Å²) in [6.07, 6.45) is 18.2. The van der Waals surface area contributed by atoms with Crippen molar-refractivity contribution < 1.29 is 19.4 Å². The number of para-hydroxylation sites is 1. The van der Waals surface area contributed by atoms with Gasteiger partial charge in [0, 0.05) is 25.4 Å². The number of rotatable bonds is 17. The van der Waals surface area contributed by atoms with Crippen LogP contribution in [-0.4, -0.2) is 24.0 Å². The van der Waals surface area contributed by atoms with Crippen molar-refractivity contribution in [3.05, 3.63) is 29.8 Å². The zero-order valence-corrected chi connectivity index (χ0v) is 20.8. The highest BCUT2D eigenvalue weighted by Crippen LogP contribution is 2.47. The van der Waals surface area contributed by atoms with Gasteiger partial charge < -0.3 is 14.6 Å². The molecule has 182 valence electrons. The Balaban J connectivity index is 1.51. The summed E-state index contributed by atoms with van der Waals surface area (Å²) in [5.74, 6) is -0.219. The molecular weight excluding hydrogens is 400 g/mol. The Morgan fingerprint density at radius 3 is 1.91 bits per heavy atom. The number of carboxylic acids is 1. The summed E-state index contributed by atoms with van der Waals surface area (Å²) in [5.41, 5.74) is 1.23. The third kappa shape index (κ3) is 8.42. The molecular formula is C28H46O4. The summed E-state index contributed by atoms with van der Waals surface area (Å²) in [4.78, 5) is 10.5. The number of fused-ring (bicyclic) bond motifs is 1. The van der Waals surface area contributed by atoms with Crippen LogP contribution in [-0.2, 0) is 16.0 Å². The molecule has 1 aliphatic rings. The maximum atomic E-state index is 10.5. The van der Waals surface area contributed by atoms with E-state index in [1.807, 2.05) is 6.07 Å². The number of unbranched alkanes of at least 4 members (excludes halogenated alkanes) is 12. The quantitative estimate of drug-likeness (QED) is 0.247. The summed E-state index contributed by atoms with van der Waals surface area (Å²) in [6, 6.07) is 8.36. The van der Waals surface area contributed by atoms with Gasteiger partial charge in [0.2, 0.25) is 5.79 Å². The summed E-state index contributed by atoms with van der Waals surface area (Å²) in [7, 11) is 1.80. The molecule has 4 nitrogen and oxygen atoms in total. The number of aliphatic carboxylic acids is 1. The van der Waals surface area contributed by atoms with Crippen molar-refractivity contribution in [3.8, 4) is 5.75 Å². The lowest BCUT2D eigenvalue weighted by Crippen LogP contribution is -2.54. The standard InChI is InChI=1S/C28H46O4/c1-27(2)23-24-19-16-17-20-25(24)32-28(27,31-3)22-18-14-12-10-8-6-4-5-7-9-11-13-15-21-26(29)30/h16-17,19-20H,4-15,18,21-23H2,1-3H3,(H,29,30). The fourth-order valence-electron chi connectivity index (χ4n) is 5.06. The first kappa shape index (κ1) is 26.7. The molecule has 0 saturated carbocycles.